The maximum atomic E-state index is 12.3. The summed E-state index contributed by atoms with van der Waals surface area (Å²) in [5, 5.41) is 11.9. The second-order valence-electron chi connectivity index (χ2n) is 9.33. The van der Waals surface area contributed by atoms with Gasteiger partial charge in [-0.15, -0.1) is 0 Å². The largest absolute Gasteiger partial charge is 0.394 e. The highest BCUT2D eigenvalue weighted by Gasteiger charge is 2.26. The van der Waals surface area contributed by atoms with Gasteiger partial charge >= 0.3 is 5.69 Å². The number of carbonyl (C=O) groups is 1. The molecule has 0 bridgehead atoms. The highest BCUT2D eigenvalue weighted by molar-refractivity contribution is 5.89. The molecule has 7 nitrogen and oxygen atoms in total. The Morgan fingerprint density at radius 2 is 1.61 bits per heavy atom. The first kappa shape index (κ1) is 31.2. The molecule has 0 spiro atoms. The maximum absolute atomic E-state index is 12.3. The molecule has 0 aromatic carbocycles. The molecule has 1 aliphatic rings. The number of amides is 1. The van der Waals surface area contributed by atoms with Gasteiger partial charge < -0.3 is 15.2 Å². The minimum absolute atomic E-state index is 0.0604. The van der Waals surface area contributed by atoms with Gasteiger partial charge in [0, 0.05) is 12.6 Å². The highest BCUT2D eigenvalue weighted by atomic mass is 16.5. The molecule has 1 saturated heterocycles. The fourth-order valence-corrected chi connectivity index (χ4v) is 4.03. The number of hydrogen-bond donors (Lipinski definition) is 2. The van der Waals surface area contributed by atoms with E-state index in [4.69, 9.17) is 4.74 Å². The summed E-state index contributed by atoms with van der Waals surface area (Å²) in [4.78, 5) is 28.4. The molecule has 38 heavy (non-hydrogen) atoms. The van der Waals surface area contributed by atoms with Gasteiger partial charge in [-0.2, -0.15) is 4.98 Å². The monoisotopic (exact) mass is 523 g/mol. The van der Waals surface area contributed by atoms with Gasteiger partial charge in [0.25, 0.3) is 0 Å². The predicted octanol–water partition coefficient (Wildman–Crippen LogP) is 6.55. The van der Waals surface area contributed by atoms with E-state index in [0.29, 0.717) is 19.3 Å². The second-order valence-corrected chi connectivity index (χ2v) is 9.33. The van der Waals surface area contributed by atoms with Gasteiger partial charge in [0.05, 0.1) is 12.7 Å². The Bertz CT molecular complexity index is 1010. The van der Waals surface area contributed by atoms with Crippen molar-refractivity contribution in [3.63, 3.8) is 0 Å². The van der Waals surface area contributed by atoms with E-state index in [0.717, 1.165) is 57.8 Å². The Labute approximate surface area is 227 Å². The fraction of sp³-hybridized carbons (Fsp3) is 0.516. The molecule has 2 atom stereocenters. The van der Waals surface area contributed by atoms with Crippen molar-refractivity contribution in [2.24, 2.45) is 0 Å². The second kappa shape index (κ2) is 20.0. The molecular weight excluding hydrogens is 478 g/mol. The molecule has 208 valence electrons. The lowest BCUT2D eigenvalue weighted by Crippen LogP contribution is -2.28. The number of ether oxygens (including phenoxy) is 1. The number of hydrogen-bond acceptors (Lipinski definition) is 5. The zero-order valence-electron chi connectivity index (χ0n) is 22.8. The number of rotatable bonds is 18. The molecule has 0 saturated carbocycles. The van der Waals surface area contributed by atoms with Gasteiger partial charge in [-0.1, -0.05) is 74.1 Å². The van der Waals surface area contributed by atoms with Crippen molar-refractivity contribution in [1.82, 2.24) is 9.55 Å². The number of aliphatic hydroxyl groups is 1. The van der Waals surface area contributed by atoms with Crippen molar-refractivity contribution in [3.05, 3.63) is 83.5 Å². The van der Waals surface area contributed by atoms with Gasteiger partial charge in [0.15, 0.2) is 0 Å². The van der Waals surface area contributed by atoms with Crippen LogP contribution in [0.2, 0.25) is 0 Å². The van der Waals surface area contributed by atoms with Gasteiger partial charge in [0.1, 0.15) is 12.0 Å². The van der Waals surface area contributed by atoms with Crippen LogP contribution in [-0.2, 0) is 9.53 Å². The number of nitrogens with zero attached hydrogens (tertiary/aromatic N) is 2. The topological polar surface area (TPSA) is 93.5 Å². The molecule has 7 heteroatoms. The quantitative estimate of drug-likeness (QED) is 0.168. The van der Waals surface area contributed by atoms with E-state index in [2.05, 4.69) is 78.0 Å². The van der Waals surface area contributed by atoms with Crippen molar-refractivity contribution >= 4 is 11.7 Å². The number of allylic oxidation sites excluding steroid dienone is 10. The van der Waals surface area contributed by atoms with E-state index in [1.807, 2.05) is 0 Å². The molecule has 1 unspecified atom stereocenters. The number of aliphatic hydroxyl groups excluding tert-OH is 1. The Hall–Kier alpha value is -3.03. The molecule has 2 heterocycles. The first-order valence-corrected chi connectivity index (χ1v) is 14.0. The molecule has 2 N–H and O–H groups in total. The Balaban J connectivity index is 1.49. The lowest BCUT2D eigenvalue weighted by atomic mass is 10.1. The van der Waals surface area contributed by atoms with E-state index in [1.54, 1.807) is 12.3 Å². The first-order valence-electron chi connectivity index (χ1n) is 14.0. The molecule has 1 aromatic heterocycles. The van der Waals surface area contributed by atoms with Crippen LogP contribution in [-0.4, -0.2) is 33.3 Å². The van der Waals surface area contributed by atoms with Crippen molar-refractivity contribution in [3.8, 4) is 0 Å². The van der Waals surface area contributed by atoms with Crippen molar-refractivity contribution in [2.45, 2.75) is 96.3 Å². The van der Waals surface area contributed by atoms with Crippen LogP contribution in [0.15, 0.2) is 77.8 Å². The van der Waals surface area contributed by atoms with Gasteiger partial charge in [0.2, 0.25) is 5.91 Å². The van der Waals surface area contributed by atoms with Crippen LogP contribution < -0.4 is 11.0 Å². The van der Waals surface area contributed by atoms with E-state index >= 15 is 0 Å². The SMILES string of the molecule is CC/C=C\C/C=C\C/C=C\C/C=C\C/C=C\CCCCCC(=O)Nc1ccn(C2CC[C@@H](CO)O2)c(=O)n1. The van der Waals surface area contributed by atoms with Gasteiger partial charge in [-0.25, -0.2) is 4.79 Å². The molecule has 1 fully saturated rings. The summed E-state index contributed by atoms with van der Waals surface area (Å²) in [5.74, 6) is 0.119. The summed E-state index contributed by atoms with van der Waals surface area (Å²) < 4.78 is 7.02. The smallest absolute Gasteiger partial charge is 0.351 e. The Morgan fingerprint density at radius 3 is 2.18 bits per heavy atom. The normalized spacial score (nSPS) is 18.3. The predicted molar refractivity (Wildman–Crippen MR) is 155 cm³/mol. The number of unbranched alkanes of at least 4 members (excludes halogenated alkanes) is 3. The minimum atomic E-state index is -0.469. The Kier molecular flexibility index (Phi) is 16.4. The third-order valence-electron chi connectivity index (χ3n) is 6.13. The van der Waals surface area contributed by atoms with E-state index in [1.165, 1.54) is 4.57 Å². The zero-order valence-corrected chi connectivity index (χ0v) is 22.8. The molecule has 1 aromatic rings. The Morgan fingerprint density at radius 1 is 0.974 bits per heavy atom. The fourth-order valence-electron chi connectivity index (χ4n) is 4.03. The van der Waals surface area contributed by atoms with Crippen LogP contribution in [0.4, 0.5) is 5.82 Å². The van der Waals surface area contributed by atoms with Crippen LogP contribution in [0.3, 0.4) is 0 Å². The van der Waals surface area contributed by atoms with Crippen molar-refractivity contribution in [1.29, 1.82) is 0 Å². The standard InChI is InChI=1S/C31H45N3O4/c1-2-3-4-5-6-7-8-9-10-11-12-13-14-15-16-17-18-19-20-21-29(36)32-28-24-25-34(31(37)33-28)30-23-22-27(26-35)38-30/h3-4,6-7,9-10,12-13,15-16,24-25,27,30,35H,2,5,8,11,14,17-23,26H2,1H3,(H,32,33,36,37)/b4-3-,7-6-,10-9-,13-12-,16-15-/t27-,30?/m0/s1. The van der Waals surface area contributed by atoms with E-state index in [-0.39, 0.29) is 24.4 Å². The minimum Gasteiger partial charge on any atom is -0.394 e. The highest BCUT2D eigenvalue weighted by Crippen LogP contribution is 2.26. The summed E-state index contributed by atoms with van der Waals surface area (Å²) in [5.41, 5.74) is -0.469. The third-order valence-corrected chi connectivity index (χ3v) is 6.13. The van der Waals surface area contributed by atoms with Gasteiger partial charge in [-0.3, -0.25) is 9.36 Å². The van der Waals surface area contributed by atoms with Crippen LogP contribution >= 0.6 is 0 Å². The van der Waals surface area contributed by atoms with Crippen molar-refractivity contribution < 1.29 is 14.6 Å². The van der Waals surface area contributed by atoms with Gasteiger partial charge in [-0.05, 0) is 70.3 Å². The van der Waals surface area contributed by atoms with Crippen LogP contribution in [0, 0.1) is 0 Å². The average Bonchev–Trinajstić information content (AvgIpc) is 3.39. The zero-order chi connectivity index (χ0) is 27.3. The molecule has 2 rings (SSSR count). The van der Waals surface area contributed by atoms with Crippen LogP contribution in [0.5, 0.6) is 0 Å². The van der Waals surface area contributed by atoms with Crippen LogP contribution in [0.25, 0.3) is 0 Å². The lowest BCUT2D eigenvalue weighted by molar-refractivity contribution is -0.116. The molecule has 0 aliphatic carbocycles. The summed E-state index contributed by atoms with van der Waals surface area (Å²) in [6.07, 6.45) is 33.5. The van der Waals surface area contributed by atoms with Crippen molar-refractivity contribution in [2.75, 3.05) is 11.9 Å². The molecular formula is C31H45N3O4. The summed E-state index contributed by atoms with van der Waals surface area (Å²) in [7, 11) is 0. The molecule has 1 aliphatic heterocycles. The third kappa shape index (κ3) is 13.5. The average molecular weight is 524 g/mol. The van der Waals surface area contributed by atoms with E-state index in [9.17, 15) is 14.7 Å². The van der Waals surface area contributed by atoms with E-state index < -0.39 is 11.9 Å². The summed E-state index contributed by atoms with van der Waals surface area (Å²) in [6, 6.07) is 1.61. The molecule has 1 amide bonds. The van der Waals surface area contributed by atoms with Crippen LogP contribution in [0.1, 0.15) is 90.2 Å². The number of aromatic nitrogens is 2. The molecule has 0 radical (unpaired) electrons. The number of anilines is 1. The first-order chi connectivity index (χ1) is 18.6. The number of nitrogens with one attached hydrogen (secondary N) is 1. The lowest BCUT2D eigenvalue weighted by Gasteiger charge is -2.15. The summed E-state index contributed by atoms with van der Waals surface area (Å²) in [6.45, 7) is 2.09. The number of carbonyl (C=O) groups excluding carboxylic acids is 1. The maximum Gasteiger partial charge on any atom is 0.351 e. The summed E-state index contributed by atoms with van der Waals surface area (Å²) >= 11 is 0.